The van der Waals surface area contributed by atoms with Gasteiger partial charge in [0.05, 0.1) is 12.3 Å². The summed E-state index contributed by atoms with van der Waals surface area (Å²) in [6, 6.07) is 0. The zero-order valence-electron chi connectivity index (χ0n) is 54.8. The fourth-order valence-electron chi connectivity index (χ4n) is 13.7. The summed E-state index contributed by atoms with van der Waals surface area (Å²) in [4.78, 5) is 82.2. The maximum atomic E-state index is 15.7. The quantitative estimate of drug-likeness (QED) is 0.0502. The molecule has 0 saturated heterocycles. The van der Waals surface area contributed by atoms with Crippen LogP contribution in [0.25, 0.3) is 6.08 Å². The number of H-pyrrole nitrogens is 1. The van der Waals surface area contributed by atoms with E-state index in [2.05, 4.69) is 119 Å². The van der Waals surface area contributed by atoms with E-state index in [0.717, 1.165) is 25.7 Å². The molecule has 2 aliphatic carbocycles. The van der Waals surface area contributed by atoms with Crippen LogP contribution in [0.1, 0.15) is 264 Å². The van der Waals surface area contributed by atoms with E-state index in [4.69, 9.17) is 19.2 Å². The van der Waals surface area contributed by atoms with Crippen molar-refractivity contribution < 1.29 is 38.2 Å². The Hall–Kier alpha value is -4.48. The number of nitrogens with one attached hydrogen (secondary N) is 3. The molecule has 0 aromatic carbocycles. The monoisotopic (exact) mass is 1110 g/mol. The Morgan fingerprint density at radius 2 is 1.05 bits per heavy atom. The Labute approximate surface area is 485 Å². The molecule has 80 heavy (non-hydrogen) atoms. The molecule has 452 valence electrons. The number of anilines is 1. The van der Waals surface area contributed by atoms with Gasteiger partial charge in [0.1, 0.15) is 35.0 Å². The fourth-order valence-corrected chi connectivity index (χ4v) is 13.7. The maximum absolute atomic E-state index is 15.7. The van der Waals surface area contributed by atoms with E-state index in [1.807, 2.05) is 68.4 Å². The lowest BCUT2D eigenvalue weighted by Crippen LogP contribution is -2.50. The second-order valence-electron chi connectivity index (χ2n) is 29.8. The van der Waals surface area contributed by atoms with Crippen LogP contribution >= 0.6 is 0 Å². The molecule has 2 fully saturated rings. The normalized spacial score (nSPS) is 24.0. The van der Waals surface area contributed by atoms with Gasteiger partial charge in [0, 0.05) is 45.8 Å². The maximum Gasteiger partial charge on any atom is 0.342 e. The van der Waals surface area contributed by atoms with Gasteiger partial charge in [-0.2, -0.15) is 0 Å². The highest BCUT2D eigenvalue weighted by Crippen LogP contribution is 2.52. The summed E-state index contributed by atoms with van der Waals surface area (Å²) in [5.74, 6) is -1.01. The molecule has 4 atom stereocenters. The minimum Gasteiger partial charge on any atom is -0.462 e. The highest BCUT2D eigenvalue weighted by Gasteiger charge is 2.51. The molecular formula is C68H112N4O8. The number of esters is 3. The van der Waals surface area contributed by atoms with E-state index in [-0.39, 0.29) is 104 Å². The minimum atomic E-state index is -0.891. The van der Waals surface area contributed by atoms with Crippen LogP contribution in [-0.2, 0) is 33.4 Å². The summed E-state index contributed by atoms with van der Waals surface area (Å²) in [6.07, 6.45) is 8.37. The van der Waals surface area contributed by atoms with E-state index in [9.17, 15) is 9.59 Å². The van der Waals surface area contributed by atoms with Crippen LogP contribution in [0.5, 0.6) is 0 Å². The summed E-state index contributed by atoms with van der Waals surface area (Å²) in [6.45, 7) is 54.9. The molecule has 1 aliphatic heterocycles. The lowest BCUT2D eigenvalue weighted by molar-refractivity contribution is -0.164. The highest BCUT2D eigenvalue weighted by molar-refractivity contribution is 6.26. The Morgan fingerprint density at radius 3 is 1.43 bits per heavy atom. The molecule has 1 aromatic heterocycles. The largest absolute Gasteiger partial charge is 0.462 e. The van der Waals surface area contributed by atoms with Gasteiger partial charge in [-0.25, -0.2) is 19.4 Å². The average molecular weight is 1110 g/mol. The zero-order chi connectivity index (χ0) is 61.0. The first kappa shape index (κ1) is 68.0. The second kappa shape index (κ2) is 26.4. The molecule has 1 aromatic rings. The van der Waals surface area contributed by atoms with Gasteiger partial charge in [-0.15, -0.1) is 0 Å². The Balaban J connectivity index is 2.09. The summed E-state index contributed by atoms with van der Waals surface area (Å²) in [5, 5.41) is 6.47. The van der Waals surface area contributed by atoms with Gasteiger partial charge in [0.25, 0.3) is 0 Å². The van der Waals surface area contributed by atoms with Crippen LogP contribution in [0, 0.1) is 73.9 Å². The molecule has 4 unspecified atom stereocenters. The van der Waals surface area contributed by atoms with Crippen molar-refractivity contribution in [1.29, 1.82) is 0 Å². The number of carbonyl (C=O) groups excluding carboxylic acids is 5. The second-order valence-corrected chi connectivity index (χ2v) is 29.8. The van der Waals surface area contributed by atoms with Crippen molar-refractivity contribution in [3.8, 4) is 0 Å². The third-order valence-corrected chi connectivity index (χ3v) is 19.3. The molecule has 2 heterocycles. The van der Waals surface area contributed by atoms with Crippen LogP contribution in [0.3, 0.4) is 0 Å². The number of hydrogen-bond donors (Lipinski definition) is 3. The number of allylic oxidation sites excluding steroid dienone is 1. The van der Waals surface area contributed by atoms with E-state index >= 15 is 14.4 Å². The van der Waals surface area contributed by atoms with Crippen molar-refractivity contribution in [2.24, 2.45) is 78.9 Å². The van der Waals surface area contributed by atoms with Crippen molar-refractivity contribution in [2.45, 2.75) is 255 Å². The number of amidine groups is 1. The van der Waals surface area contributed by atoms with Gasteiger partial charge in [0.2, 0.25) is 11.8 Å². The number of carbonyl (C=O) groups is 5. The first-order chi connectivity index (χ1) is 36.8. The Bertz CT molecular complexity index is 2430. The standard InChI is InChI=1S/C68H112N4O8/c1-26-67(27-2,28-3)61(76)71-56-52(59(74)79-54-44(63(14,15)16)34-42(12)35-45(54)64(17,18)19)50(39(6)7)48(69-56)38-49-51(40(8)9)53(60(75)80-55-46(65(20,21)22)36-43(13)37-47(55)66(23,24)25)57(70-49)72-62(77)68(29-4,30-5)32-31-33-78-58(73)41(10)11/h38-40,42-47,54-55,69H,10,26-37H2,1-9,11-25H3,(H,71,76)(H,70,72,77)/b49-38-. The van der Waals surface area contributed by atoms with Crippen LogP contribution < -0.4 is 10.6 Å². The molecule has 12 heteroatoms. The van der Waals surface area contributed by atoms with Crippen molar-refractivity contribution in [2.75, 3.05) is 11.9 Å². The lowest BCUT2D eigenvalue weighted by Gasteiger charge is -2.50. The molecule has 2 saturated carbocycles. The van der Waals surface area contributed by atoms with Crippen LogP contribution in [0.2, 0.25) is 0 Å². The van der Waals surface area contributed by atoms with Gasteiger partial charge in [-0.05, 0) is 140 Å². The van der Waals surface area contributed by atoms with E-state index < -0.39 is 34.8 Å². The third-order valence-electron chi connectivity index (χ3n) is 19.3. The zero-order valence-corrected chi connectivity index (χ0v) is 54.8. The first-order valence-electron chi connectivity index (χ1n) is 31.0. The van der Waals surface area contributed by atoms with Gasteiger partial charge < -0.3 is 29.8 Å². The summed E-state index contributed by atoms with van der Waals surface area (Å²) < 4.78 is 19.4. The minimum absolute atomic E-state index is 0.0567. The van der Waals surface area contributed by atoms with Crippen molar-refractivity contribution >= 4 is 47.5 Å². The number of hydrogen-bond acceptors (Lipinski definition) is 9. The molecule has 3 aliphatic rings. The number of aromatic amines is 1. The number of amides is 2. The summed E-state index contributed by atoms with van der Waals surface area (Å²) >= 11 is 0. The number of nitrogens with zero attached hydrogens (tertiary/aromatic N) is 1. The summed E-state index contributed by atoms with van der Waals surface area (Å²) in [7, 11) is 0. The topological polar surface area (TPSA) is 165 Å². The number of aliphatic imine (C=N–C) groups is 1. The average Bonchev–Trinajstić information content (AvgIpc) is 3.89. The van der Waals surface area contributed by atoms with Crippen LogP contribution in [0.4, 0.5) is 5.82 Å². The van der Waals surface area contributed by atoms with Gasteiger partial charge in [0.15, 0.2) is 0 Å². The predicted molar refractivity (Wildman–Crippen MR) is 328 cm³/mol. The van der Waals surface area contributed by atoms with Crippen molar-refractivity contribution in [3.05, 3.63) is 45.8 Å². The number of ether oxygens (including phenoxy) is 3. The predicted octanol–water partition coefficient (Wildman–Crippen LogP) is 16.8. The van der Waals surface area contributed by atoms with Crippen LogP contribution in [-0.4, -0.2) is 59.4 Å². The lowest BCUT2D eigenvalue weighted by atomic mass is 9.59. The first-order valence-corrected chi connectivity index (χ1v) is 31.0. The molecule has 2 amide bonds. The van der Waals surface area contributed by atoms with Gasteiger partial charge in [-0.3, -0.25) is 9.59 Å². The fraction of sp³-hybridized carbons (Fsp3) is 0.765. The smallest absolute Gasteiger partial charge is 0.342 e. The number of aromatic nitrogens is 1. The van der Waals surface area contributed by atoms with Crippen LogP contribution in [0.15, 0.2) is 34.0 Å². The molecule has 12 nitrogen and oxygen atoms in total. The molecule has 4 rings (SSSR count). The molecule has 0 bridgehead atoms. The van der Waals surface area contributed by atoms with E-state index in [0.29, 0.717) is 84.9 Å². The van der Waals surface area contributed by atoms with E-state index in [1.165, 1.54) is 0 Å². The molecule has 0 radical (unpaired) electrons. The molecule has 3 N–H and O–H groups in total. The van der Waals surface area contributed by atoms with E-state index in [1.54, 1.807) is 6.92 Å². The van der Waals surface area contributed by atoms with Crippen molar-refractivity contribution in [1.82, 2.24) is 10.3 Å². The molecule has 0 spiro atoms. The summed E-state index contributed by atoms with van der Waals surface area (Å²) in [5.41, 5.74) is 0.742. The Morgan fingerprint density at radius 1 is 0.637 bits per heavy atom. The third kappa shape index (κ3) is 15.4. The number of rotatable bonds is 20. The highest BCUT2D eigenvalue weighted by atomic mass is 16.6. The SMILES string of the molecule is C=C(C)C(=O)OCCCC(CC)(CC)C(=O)NC1=N/C(=C\c2[nH]c(NC(=O)C(CC)(CC)CC)c(C(=O)OC3C(C(C)(C)C)CC(C)CC3C(C)(C)C)c2C(C)C)C(C(C)C)=C1C(=O)OC1C(C(C)(C)C)CC(C)CC1C(C)(C)C. The molecular weight excluding hydrogens is 1000 g/mol. The van der Waals surface area contributed by atoms with Gasteiger partial charge in [-0.1, -0.05) is 166 Å². The van der Waals surface area contributed by atoms with Crippen molar-refractivity contribution in [3.63, 3.8) is 0 Å². The Kier molecular flexibility index (Phi) is 22.4. The van der Waals surface area contributed by atoms with Gasteiger partial charge >= 0.3 is 17.9 Å².